The highest BCUT2D eigenvalue weighted by molar-refractivity contribution is 14.1. The molecule has 2 rings (SSSR count). The minimum atomic E-state index is -4.09. The summed E-state index contributed by atoms with van der Waals surface area (Å²) in [6.45, 7) is 3.28. The summed E-state index contributed by atoms with van der Waals surface area (Å²) in [5, 5.41) is 3.24. The van der Waals surface area contributed by atoms with Gasteiger partial charge in [-0.3, -0.25) is 4.90 Å². The van der Waals surface area contributed by atoms with Gasteiger partial charge in [-0.15, -0.1) is 24.8 Å². The van der Waals surface area contributed by atoms with Gasteiger partial charge in [-0.25, -0.2) is 0 Å². The Labute approximate surface area is 155 Å². The van der Waals surface area contributed by atoms with Crippen molar-refractivity contribution in [3.63, 3.8) is 0 Å². The first kappa shape index (κ1) is 22.2. The summed E-state index contributed by atoms with van der Waals surface area (Å²) < 4.78 is 38.7. The van der Waals surface area contributed by atoms with E-state index >= 15 is 0 Å². The van der Waals surface area contributed by atoms with E-state index in [2.05, 4.69) is 32.8 Å². The number of halogens is 6. The van der Waals surface area contributed by atoms with Gasteiger partial charge in [-0.1, -0.05) is 18.2 Å². The van der Waals surface area contributed by atoms with Gasteiger partial charge >= 0.3 is 6.18 Å². The number of rotatable bonds is 4. The van der Waals surface area contributed by atoms with Gasteiger partial charge in [0.2, 0.25) is 0 Å². The molecule has 1 atom stereocenters. The summed E-state index contributed by atoms with van der Waals surface area (Å²) >= 11 is 2.21. The molecule has 0 amide bonds. The van der Waals surface area contributed by atoms with E-state index in [1.165, 1.54) is 0 Å². The van der Waals surface area contributed by atoms with Gasteiger partial charge in [0.15, 0.2) is 0 Å². The number of alkyl halides is 3. The van der Waals surface area contributed by atoms with E-state index in [0.29, 0.717) is 0 Å². The maximum Gasteiger partial charge on any atom is 0.389 e. The van der Waals surface area contributed by atoms with Crippen LogP contribution in [0.4, 0.5) is 13.2 Å². The van der Waals surface area contributed by atoms with E-state index in [1.807, 2.05) is 24.3 Å². The van der Waals surface area contributed by atoms with Crippen LogP contribution in [-0.2, 0) is 0 Å². The van der Waals surface area contributed by atoms with Crippen LogP contribution in [0, 0.1) is 3.57 Å². The van der Waals surface area contributed by atoms with E-state index in [9.17, 15) is 13.2 Å². The first-order chi connectivity index (χ1) is 9.47. The molecule has 2 nitrogen and oxygen atoms in total. The number of nitrogens with one attached hydrogen (secondary N) is 1. The highest BCUT2D eigenvalue weighted by Crippen LogP contribution is 2.33. The van der Waals surface area contributed by atoms with E-state index in [-0.39, 0.29) is 37.3 Å². The molecule has 1 heterocycles. The van der Waals surface area contributed by atoms with Crippen molar-refractivity contribution >= 4 is 47.4 Å². The van der Waals surface area contributed by atoms with Crippen LogP contribution in [0.15, 0.2) is 24.3 Å². The Morgan fingerprint density at radius 1 is 1.14 bits per heavy atom. The summed E-state index contributed by atoms with van der Waals surface area (Å²) in [5.41, 5.74) is 1.01. The van der Waals surface area contributed by atoms with Crippen molar-refractivity contribution in [3.05, 3.63) is 33.4 Å². The Bertz CT molecular complexity index is 440. The fourth-order valence-corrected chi connectivity index (χ4v) is 3.32. The summed E-state index contributed by atoms with van der Waals surface area (Å²) in [7, 11) is 0. The zero-order chi connectivity index (χ0) is 14.6. The summed E-state index contributed by atoms with van der Waals surface area (Å²) in [6.07, 6.45) is -4.69. The molecule has 0 spiro atoms. The van der Waals surface area contributed by atoms with Gasteiger partial charge < -0.3 is 5.32 Å². The number of benzene rings is 1. The van der Waals surface area contributed by atoms with Crippen molar-refractivity contribution in [2.45, 2.75) is 25.1 Å². The second kappa shape index (κ2) is 10.2. The maximum atomic E-state index is 12.6. The minimum Gasteiger partial charge on any atom is -0.314 e. The van der Waals surface area contributed by atoms with Crippen molar-refractivity contribution in [1.82, 2.24) is 10.2 Å². The highest BCUT2D eigenvalue weighted by Gasteiger charge is 2.31. The quantitative estimate of drug-likeness (QED) is 0.655. The van der Waals surface area contributed by atoms with Crippen LogP contribution in [0.2, 0.25) is 0 Å². The first-order valence-electron chi connectivity index (χ1n) is 6.73. The summed E-state index contributed by atoms with van der Waals surface area (Å²) in [4.78, 5) is 2.17. The zero-order valence-corrected chi connectivity index (χ0v) is 15.7. The third kappa shape index (κ3) is 6.78. The topological polar surface area (TPSA) is 15.3 Å². The van der Waals surface area contributed by atoms with Crippen LogP contribution in [0.1, 0.15) is 24.4 Å². The standard InChI is InChI=1S/C14H18F3IN2.2ClH/c15-14(16,17)6-5-13(20-9-7-19-8-10-20)11-3-1-2-4-12(11)18;;/h1-4,13,19H,5-10H2;2*1H/t13-;;/m0../s1. The Morgan fingerprint density at radius 3 is 2.27 bits per heavy atom. The van der Waals surface area contributed by atoms with E-state index in [4.69, 9.17) is 0 Å². The second-order valence-electron chi connectivity index (χ2n) is 4.98. The molecular weight excluding hydrogens is 451 g/mol. The van der Waals surface area contributed by atoms with Gasteiger partial charge in [-0.05, 0) is 40.6 Å². The van der Waals surface area contributed by atoms with Crippen molar-refractivity contribution in [1.29, 1.82) is 0 Å². The highest BCUT2D eigenvalue weighted by atomic mass is 127. The average molecular weight is 471 g/mol. The normalized spacial score (nSPS) is 17.3. The maximum absolute atomic E-state index is 12.6. The van der Waals surface area contributed by atoms with Crippen molar-refractivity contribution in [2.24, 2.45) is 0 Å². The van der Waals surface area contributed by atoms with E-state index in [0.717, 1.165) is 35.3 Å². The van der Waals surface area contributed by atoms with Crippen LogP contribution in [0.25, 0.3) is 0 Å². The van der Waals surface area contributed by atoms with Gasteiger partial charge in [0, 0.05) is 42.2 Å². The molecule has 0 radical (unpaired) electrons. The number of hydrogen-bond donors (Lipinski definition) is 1. The van der Waals surface area contributed by atoms with Crippen LogP contribution in [0.3, 0.4) is 0 Å². The monoisotopic (exact) mass is 470 g/mol. The lowest BCUT2D eigenvalue weighted by atomic mass is 9.99. The molecule has 1 aliphatic rings. The van der Waals surface area contributed by atoms with Gasteiger partial charge in [0.1, 0.15) is 0 Å². The molecule has 1 saturated heterocycles. The molecule has 1 aromatic rings. The number of nitrogens with zero attached hydrogens (tertiary/aromatic N) is 1. The predicted molar refractivity (Wildman–Crippen MR) is 96.1 cm³/mol. The Morgan fingerprint density at radius 2 is 1.73 bits per heavy atom. The molecule has 0 unspecified atom stereocenters. The number of piperazine rings is 1. The molecule has 8 heteroatoms. The molecule has 22 heavy (non-hydrogen) atoms. The molecular formula is C14H20Cl2F3IN2. The van der Waals surface area contributed by atoms with E-state index in [1.54, 1.807) is 0 Å². The second-order valence-corrected chi connectivity index (χ2v) is 6.14. The number of hydrogen-bond acceptors (Lipinski definition) is 2. The summed E-state index contributed by atoms with van der Waals surface area (Å²) in [6, 6.07) is 7.58. The fourth-order valence-electron chi connectivity index (χ4n) is 2.57. The fraction of sp³-hybridized carbons (Fsp3) is 0.571. The van der Waals surface area contributed by atoms with Crippen LogP contribution in [0.5, 0.6) is 0 Å². The third-order valence-electron chi connectivity index (χ3n) is 3.56. The minimum absolute atomic E-state index is 0. The molecule has 128 valence electrons. The molecule has 0 aromatic heterocycles. The molecule has 1 aromatic carbocycles. The van der Waals surface area contributed by atoms with Gasteiger partial charge in [0.05, 0.1) is 0 Å². The smallest absolute Gasteiger partial charge is 0.314 e. The van der Waals surface area contributed by atoms with E-state index < -0.39 is 12.6 Å². The van der Waals surface area contributed by atoms with Crippen molar-refractivity contribution in [3.8, 4) is 0 Å². The van der Waals surface area contributed by atoms with Crippen molar-refractivity contribution in [2.75, 3.05) is 26.2 Å². The molecule has 0 aliphatic carbocycles. The molecule has 0 saturated carbocycles. The van der Waals surface area contributed by atoms with Gasteiger partial charge in [-0.2, -0.15) is 13.2 Å². The van der Waals surface area contributed by atoms with Gasteiger partial charge in [0.25, 0.3) is 0 Å². The average Bonchev–Trinajstić information content (AvgIpc) is 2.41. The lowest BCUT2D eigenvalue weighted by Crippen LogP contribution is -2.45. The largest absolute Gasteiger partial charge is 0.389 e. The summed E-state index contributed by atoms with van der Waals surface area (Å²) in [5.74, 6) is 0. The van der Waals surface area contributed by atoms with Crippen LogP contribution in [-0.4, -0.2) is 37.3 Å². The molecule has 0 bridgehead atoms. The van der Waals surface area contributed by atoms with Crippen molar-refractivity contribution < 1.29 is 13.2 Å². The Kier molecular flexibility index (Phi) is 10.3. The Hall–Kier alpha value is 0.240. The van der Waals surface area contributed by atoms with Crippen LogP contribution >= 0.6 is 47.4 Å². The molecule has 1 aliphatic heterocycles. The predicted octanol–water partition coefficient (Wildman–Crippen LogP) is 4.42. The third-order valence-corrected chi connectivity index (χ3v) is 4.54. The Balaban J connectivity index is 0.00000220. The lowest BCUT2D eigenvalue weighted by Gasteiger charge is -2.36. The van der Waals surface area contributed by atoms with Crippen LogP contribution < -0.4 is 5.32 Å². The first-order valence-corrected chi connectivity index (χ1v) is 7.81. The molecule has 1 N–H and O–H groups in total. The SMILES string of the molecule is Cl.Cl.FC(F)(F)CC[C@@H](c1ccccc1I)N1CCNCC1. The lowest BCUT2D eigenvalue weighted by molar-refractivity contribution is -0.138. The zero-order valence-electron chi connectivity index (χ0n) is 11.9. The molecule has 1 fully saturated rings.